The van der Waals surface area contributed by atoms with Crippen molar-refractivity contribution in [2.24, 2.45) is 5.92 Å². The van der Waals surface area contributed by atoms with Crippen LogP contribution in [0.1, 0.15) is 38.3 Å². The molecule has 42 heavy (non-hydrogen) atoms. The van der Waals surface area contributed by atoms with Gasteiger partial charge >= 0.3 is 0 Å². The molecule has 0 saturated carbocycles. The van der Waals surface area contributed by atoms with Gasteiger partial charge < -0.3 is 15.0 Å². The normalized spacial score (nSPS) is 12.1. The predicted molar refractivity (Wildman–Crippen MR) is 168 cm³/mol. The van der Waals surface area contributed by atoms with Crippen molar-refractivity contribution in [2.45, 2.75) is 51.6 Å². The number of anilines is 1. The fourth-order valence-corrected chi connectivity index (χ4v) is 6.18. The third-order valence-electron chi connectivity index (χ3n) is 6.66. The van der Waals surface area contributed by atoms with Crippen LogP contribution in [-0.4, -0.2) is 51.4 Å². The lowest BCUT2D eigenvalue weighted by molar-refractivity contribution is -0.140. The molecule has 0 unspecified atom stereocenters. The van der Waals surface area contributed by atoms with Crippen LogP contribution in [0.3, 0.4) is 0 Å². The third-order valence-corrected chi connectivity index (χ3v) is 9.03. The van der Waals surface area contributed by atoms with Gasteiger partial charge in [0, 0.05) is 29.2 Å². The van der Waals surface area contributed by atoms with Crippen molar-refractivity contribution in [1.29, 1.82) is 0 Å². The summed E-state index contributed by atoms with van der Waals surface area (Å²) >= 11 is 12.6. The first kappa shape index (κ1) is 33.2. The maximum absolute atomic E-state index is 14.2. The lowest BCUT2D eigenvalue weighted by Crippen LogP contribution is -2.52. The summed E-state index contributed by atoms with van der Waals surface area (Å²) in [6.07, 6.45) is 0.296. The van der Waals surface area contributed by atoms with Crippen molar-refractivity contribution in [3.63, 3.8) is 0 Å². The summed E-state index contributed by atoms with van der Waals surface area (Å²) in [5, 5.41) is 3.66. The molecule has 0 aliphatic carbocycles. The molecule has 0 aliphatic heterocycles. The van der Waals surface area contributed by atoms with Gasteiger partial charge in [-0.25, -0.2) is 8.42 Å². The fourth-order valence-electron chi connectivity index (χ4n) is 4.31. The first-order valence-corrected chi connectivity index (χ1v) is 15.8. The van der Waals surface area contributed by atoms with E-state index >= 15 is 0 Å². The van der Waals surface area contributed by atoms with Crippen molar-refractivity contribution < 1.29 is 22.7 Å². The third kappa shape index (κ3) is 8.40. The lowest BCUT2D eigenvalue weighted by atomic mass is 10.1. The molecule has 11 heteroatoms. The maximum atomic E-state index is 14.2. The zero-order valence-electron chi connectivity index (χ0n) is 24.4. The molecule has 8 nitrogen and oxygen atoms in total. The Morgan fingerprint density at radius 1 is 1.00 bits per heavy atom. The van der Waals surface area contributed by atoms with Crippen LogP contribution >= 0.6 is 23.2 Å². The second-order valence-electron chi connectivity index (χ2n) is 10.3. The van der Waals surface area contributed by atoms with Crippen LogP contribution in [0.2, 0.25) is 10.0 Å². The predicted octanol–water partition coefficient (Wildman–Crippen LogP) is 6.09. The van der Waals surface area contributed by atoms with E-state index in [1.165, 1.54) is 24.1 Å². The van der Waals surface area contributed by atoms with E-state index in [1.807, 2.05) is 20.8 Å². The number of benzene rings is 3. The van der Waals surface area contributed by atoms with Gasteiger partial charge in [-0.2, -0.15) is 0 Å². The number of amides is 2. The van der Waals surface area contributed by atoms with Gasteiger partial charge in [0.15, 0.2) is 0 Å². The van der Waals surface area contributed by atoms with Crippen molar-refractivity contribution in [2.75, 3.05) is 24.5 Å². The standard InChI is InChI=1S/C31H37Cl2N3O5S/c1-6-29(31(38)34-18-21(2)3)35(19-23-12-13-24(32)16-28(23)33)30(37)20-36(25-8-7-9-26(17-25)41-5)42(39,40)27-14-10-22(4)11-15-27/h7-17,21,29H,6,18-20H2,1-5H3,(H,34,38)/t29-/m1/s1. The van der Waals surface area contributed by atoms with E-state index in [-0.39, 0.29) is 29.0 Å². The Bertz CT molecular complexity index is 1500. The lowest BCUT2D eigenvalue weighted by Gasteiger charge is -2.33. The van der Waals surface area contributed by atoms with E-state index in [0.717, 1.165) is 9.87 Å². The summed E-state index contributed by atoms with van der Waals surface area (Å²) in [5.41, 5.74) is 1.70. The number of nitrogens with zero attached hydrogens (tertiary/aromatic N) is 2. The minimum atomic E-state index is -4.20. The van der Waals surface area contributed by atoms with Crippen LogP contribution in [0, 0.1) is 12.8 Å². The Labute approximate surface area is 258 Å². The number of hydrogen-bond acceptors (Lipinski definition) is 5. The molecule has 0 fully saturated rings. The molecule has 0 aromatic heterocycles. The Balaban J connectivity index is 2.09. The van der Waals surface area contributed by atoms with Gasteiger partial charge in [-0.15, -0.1) is 0 Å². The molecular weight excluding hydrogens is 597 g/mol. The van der Waals surface area contributed by atoms with E-state index in [4.69, 9.17) is 27.9 Å². The first-order valence-electron chi connectivity index (χ1n) is 13.6. The van der Waals surface area contributed by atoms with Crippen LogP contribution in [0.25, 0.3) is 0 Å². The zero-order valence-corrected chi connectivity index (χ0v) is 26.8. The Morgan fingerprint density at radius 3 is 2.29 bits per heavy atom. The Kier molecular flexibility index (Phi) is 11.7. The van der Waals surface area contributed by atoms with Crippen LogP contribution < -0.4 is 14.4 Å². The van der Waals surface area contributed by atoms with Gasteiger partial charge in [-0.1, -0.05) is 73.8 Å². The molecule has 0 bridgehead atoms. The summed E-state index contributed by atoms with van der Waals surface area (Å²) in [6.45, 7) is 7.43. The summed E-state index contributed by atoms with van der Waals surface area (Å²) < 4.78 is 34.4. The van der Waals surface area contributed by atoms with E-state index in [0.29, 0.717) is 34.3 Å². The molecule has 0 aliphatic rings. The van der Waals surface area contributed by atoms with E-state index in [9.17, 15) is 18.0 Å². The number of nitrogens with one attached hydrogen (secondary N) is 1. The molecule has 2 amide bonds. The van der Waals surface area contributed by atoms with Gasteiger partial charge in [-0.05, 0) is 61.2 Å². The highest BCUT2D eigenvalue weighted by atomic mass is 35.5. The average molecular weight is 635 g/mol. The zero-order chi connectivity index (χ0) is 31.0. The minimum Gasteiger partial charge on any atom is -0.497 e. The number of methoxy groups -OCH3 is 1. The van der Waals surface area contributed by atoms with Crippen LogP contribution in [0.5, 0.6) is 5.75 Å². The van der Waals surface area contributed by atoms with Crippen LogP contribution in [0.15, 0.2) is 71.6 Å². The number of sulfonamides is 1. The fraction of sp³-hybridized carbons (Fsp3) is 0.355. The average Bonchev–Trinajstić information content (AvgIpc) is 2.95. The number of carbonyl (C=O) groups excluding carboxylic acids is 2. The van der Waals surface area contributed by atoms with Gasteiger partial charge in [0.1, 0.15) is 18.3 Å². The number of rotatable bonds is 13. The van der Waals surface area contributed by atoms with E-state index < -0.39 is 28.5 Å². The summed E-state index contributed by atoms with van der Waals surface area (Å²) in [6, 6.07) is 16.9. The molecule has 1 N–H and O–H groups in total. The molecule has 3 aromatic rings. The summed E-state index contributed by atoms with van der Waals surface area (Å²) in [7, 11) is -2.72. The van der Waals surface area contributed by atoms with Crippen molar-refractivity contribution >= 4 is 50.7 Å². The molecule has 226 valence electrons. The Morgan fingerprint density at radius 2 is 1.69 bits per heavy atom. The molecule has 0 saturated heterocycles. The Hall–Kier alpha value is -3.27. The molecule has 1 atom stereocenters. The highest BCUT2D eigenvalue weighted by Crippen LogP contribution is 2.29. The summed E-state index contributed by atoms with van der Waals surface area (Å²) in [4.78, 5) is 28.9. The molecular formula is C31H37Cl2N3O5S. The molecule has 3 aromatic carbocycles. The van der Waals surface area contributed by atoms with Crippen LogP contribution in [0.4, 0.5) is 5.69 Å². The van der Waals surface area contributed by atoms with Crippen LogP contribution in [-0.2, 0) is 26.2 Å². The molecule has 3 rings (SSSR count). The maximum Gasteiger partial charge on any atom is 0.264 e. The smallest absolute Gasteiger partial charge is 0.264 e. The molecule has 0 radical (unpaired) electrons. The largest absolute Gasteiger partial charge is 0.497 e. The first-order chi connectivity index (χ1) is 19.9. The van der Waals surface area contributed by atoms with Crippen molar-refractivity contribution in [3.05, 3.63) is 87.9 Å². The quantitative estimate of drug-likeness (QED) is 0.246. The van der Waals surface area contributed by atoms with E-state index in [2.05, 4.69) is 5.32 Å². The molecule has 0 spiro atoms. The van der Waals surface area contributed by atoms with Gasteiger partial charge in [0.2, 0.25) is 11.8 Å². The van der Waals surface area contributed by atoms with Gasteiger partial charge in [0.05, 0.1) is 17.7 Å². The minimum absolute atomic E-state index is 0.0257. The van der Waals surface area contributed by atoms with Gasteiger partial charge in [-0.3, -0.25) is 13.9 Å². The number of halogens is 2. The van der Waals surface area contributed by atoms with Crippen molar-refractivity contribution in [3.8, 4) is 5.75 Å². The second-order valence-corrected chi connectivity index (χ2v) is 13.1. The SMILES string of the molecule is CC[C@H](C(=O)NCC(C)C)N(Cc1ccc(Cl)cc1Cl)C(=O)CN(c1cccc(OC)c1)S(=O)(=O)c1ccc(C)cc1. The van der Waals surface area contributed by atoms with Crippen molar-refractivity contribution in [1.82, 2.24) is 10.2 Å². The number of aryl methyl sites for hydroxylation is 1. The monoisotopic (exact) mass is 633 g/mol. The highest BCUT2D eigenvalue weighted by molar-refractivity contribution is 7.92. The molecule has 0 heterocycles. The number of ether oxygens (including phenoxy) is 1. The van der Waals surface area contributed by atoms with E-state index in [1.54, 1.807) is 61.5 Å². The number of hydrogen-bond donors (Lipinski definition) is 1. The highest BCUT2D eigenvalue weighted by Gasteiger charge is 2.34. The topological polar surface area (TPSA) is 96.0 Å². The van der Waals surface area contributed by atoms with Gasteiger partial charge in [0.25, 0.3) is 10.0 Å². The summed E-state index contributed by atoms with van der Waals surface area (Å²) in [5.74, 6) is -0.289. The number of carbonyl (C=O) groups is 2. The second kappa shape index (κ2) is 14.8.